The van der Waals surface area contributed by atoms with Crippen molar-refractivity contribution < 1.29 is 9.18 Å². The van der Waals surface area contributed by atoms with Crippen molar-refractivity contribution in [2.45, 2.75) is 6.54 Å². The third kappa shape index (κ3) is 5.40. The molecule has 126 valence electrons. The van der Waals surface area contributed by atoms with E-state index in [2.05, 4.69) is 28.6 Å². The highest BCUT2D eigenvalue weighted by atomic mass is 79.9. The molecule has 0 bridgehead atoms. The minimum absolute atomic E-state index is 0.247. The fourth-order valence-electron chi connectivity index (χ4n) is 2.20. The fraction of sp³-hybridized carbons (Fsp3) is 0.100. The number of hydrogen-bond acceptors (Lipinski definition) is 2. The zero-order valence-corrected chi connectivity index (χ0v) is 15.0. The molecule has 0 heterocycles. The number of rotatable bonds is 6. The Morgan fingerprint density at radius 2 is 2.00 bits per heavy atom. The predicted octanol–water partition coefficient (Wildman–Crippen LogP) is 4.69. The molecular weight excluding hydrogens is 383 g/mol. The Bertz CT molecular complexity index is 838. The third-order valence-corrected chi connectivity index (χ3v) is 3.97. The molecule has 0 radical (unpaired) electrons. The van der Waals surface area contributed by atoms with E-state index in [1.165, 1.54) is 18.2 Å². The Morgan fingerprint density at radius 3 is 2.64 bits per heavy atom. The Balaban J connectivity index is 2.13. The van der Waals surface area contributed by atoms with Gasteiger partial charge in [0.05, 0.1) is 11.6 Å². The van der Waals surface area contributed by atoms with Crippen LogP contribution >= 0.6 is 15.9 Å². The van der Waals surface area contributed by atoms with E-state index in [-0.39, 0.29) is 5.91 Å². The predicted molar refractivity (Wildman–Crippen MR) is 99.9 cm³/mol. The SMILES string of the molecule is C=CCN(Cc1ccc(C#N)cc1)C(=O)/C=C/c1cc(Br)ccc1F. The van der Waals surface area contributed by atoms with Crippen LogP contribution in [0.1, 0.15) is 16.7 Å². The summed E-state index contributed by atoms with van der Waals surface area (Å²) in [5, 5.41) is 8.83. The van der Waals surface area contributed by atoms with Crippen LogP contribution in [0.4, 0.5) is 4.39 Å². The molecule has 0 spiro atoms. The number of carbonyl (C=O) groups excluding carboxylic acids is 1. The summed E-state index contributed by atoms with van der Waals surface area (Å²) in [5.74, 6) is -0.641. The lowest BCUT2D eigenvalue weighted by atomic mass is 10.1. The molecule has 2 aromatic rings. The van der Waals surface area contributed by atoms with Gasteiger partial charge in [-0.25, -0.2) is 4.39 Å². The summed E-state index contributed by atoms with van der Waals surface area (Å²) in [7, 11) is 0. The van der Waals surface area contributed by atoms with Crippen molar-refractivity contribution in [3.8, 4) is 6.07 Å². The lowest BCUT2D eigenvalue weighted by Gasteiger charge is -2.19. The Labute approximate surface area is 154 Å². The van der Waals surface area contributed by atoms with Gasteiger partial charge < -0.3 is 4.90 Å². The standard InChI is InChI=1S/C20H16BrFN2O/c1-2-11-24(14-16-5-3-15(13-23)4-6-16)20(25)10-7-17-12-18(21)8-9-19(17)22/h2-10,12H,1,11,14H2/b10-7+. The summed E-state index contributed by atoms with van der Waals surface area (Å²) >= 11 is 3.28. The molecule has 3 nitrogen and oxygen atoms in total. The van der Waals surface area contributed by atoms with Gasteiger partial charge in [0.15, 0.2) is 0 Å². The van der Waals surface area contributed by atoms with Gasteiger partial charge >= 0.3 is 0 Å². The van der Waals surface area contributed by atoms with Gasteiger partial charge in [0.2, 0.25) is 5.91 Å². The van der Waals surface area contributed by atoms with Gasteiger partial charge in [0.1, 0.15) is 5.82 Å². The first-order chi connectivity index (χ1) is 12.0. The first-order valence-electron chi connectivity index (χ1n) is 7.55. The summed E-state index contributed by atoms with van der Waals surface area (Å²) in [6.45, 7) is 4.41. The highest BCUT2D eigenvalue weighted by molar-refractivity contribution is 9.10. The molecule has 0 unspecified atom stereocenters. The van der Waals surface area contributed by atoms with Crippen LogP contribution in [-0.2, 0) is 11.3 Å². The van der Waals surface area contributed by atoms with Gasteiger partial charge in [-0.05, 0) is 42.0 Å². The third-order valence-electron chi connectivity index (χ3n) is 3.48. The van der Waals surface area contributed by atoms with Crippen LogP contribution in [0.15, 0.2) is 65.7 Å². The van der Waals surface area contributed by atoms with E-state index >= 15 is 0 Å². The normalized spacial score (nSPS) is 10.4. The molecule has 0 aromatic heterocycles. The summed E-state index contributed by atoms with van der Waals surface area (Å²) in [5.41, 5.74) is 1.80. The molecule has 0 N–H and O–H groups in total. The van der Waals surface area contributed by atoms with E-state index in [0.717, 1.165) is 10.0 Å². The topological polar surface area (TPSA) is 44.1 Å². The number of nitriles is 1. The van der Waals surface area contributed by atoms with Crippen LogP contribution in [-0.4, -0.2) is 17.4 Å². The Kier molecular flexibility index (Phi) is 6.67. The molecule has 0 saturated heterocycles. The molecule has 2 rings (SSSR count). The van der Waals surface area contributed by atoms with Gasteiger partial charge in [-0.2, -0.15) is 5.26 Å². The van der Waals surface area contributed by atoms with E-state index < -0.39 is 5.82 Å². The van der Waals surface area contributed by atoms with Crippen LogP contribution in [0.5, 0.6) is 0 Å². The molecule has 2 aromatic carbocycles. The number of hydrogen-bond donors (Lipinski definition) is 0. The molecule has 5 heteroatoms. The van der Waals surface area contributed by atoms with Gasteiger partial charge in [-0.1, -0.05) is 34.1 Å². The second-order valence-corrected chi connectivity index (χ2v) is 6.23. The van der Waals surface area contributed by atoms with Crippen LogP contribution in [0.3, 0.4) is 0 Å². The molecule has 0 aliphatic carbocycles. The summed E-state index contributed by atoms with van der Waals surface area (Å²) in [4.78, 5) is 14.0. The fourth-order valence-corrected chi connectivity index (χ4v) is 2.58. The number of amides is 1. The molecule has 1 amide bonds. The van der Waals surface area contributed by atoms with Crippen molar-refractivity contribution in [1.82, 2.24) is 4.90 Å². The summed E-state index contributed by atoms with van der Waals surface area (Å²) in [6.07, 6.45) is 4.43. The van der Waals surface area contributed by atoms with E-state index in [9.17, 15) is 9.18 Å². The average molecular weight is 399 g/mol. The zero-order chi connectivity index (χ0) is 18.2. The quantitative estimate of drug-likeness (QED) is 0.523. The maximum absolute atomic E-state index is 13.7. The largest absolute Gasteiger partial charge is 0.331 e. The van der Waals surface area contributed by atoms with Crippen LogP contribution in [0, 0.1) is 17.1 Å². The highest BCUT2D eigenvalue weighted by Crippen LogP contribution is 2.17. The highest BCUT2D eigenvalue weighted by Gasteiger charge is 2.10. The van der Waals surface area contributed by atoms with E-state index in [4.69, 9.17) is 5.26 Å². The zero-order valence-electron chi connectivity index (χ0n) is 13.5. The second kappa shape index (κ2) is 8.95. The lowest BCUT2D eigenvalue weighted by Crippen LogP contribution is -2.29. The summed E-state index contributed by atoms with van der Waals surface area (Å²) < 4.78 is 14.5. The van der Waals surface area contributed by atoms with Gasteiger partial charge in [-0.3, -0.25) is 4.79 Å². The molecule has 25 heavy (non-hydrogen) atoms. The first-order valence-corrected chi connectivity index (χ1v) is 8.34. The monoisotopic (exact) mass is 398 g/mol. The average Bonchev–Trinajstić information content (AvgIpc) is 2.62. The van der Waals surface area contributed by atoms with E-state index in [0.29, 0.717) is 24.2 Å². The van der Waals surface area contributed by atoms with E-state index in [1.807, 2.05) is 0 Å². The van der Waals surface area contributed by atoms with Gasteiger partial charge in [-0.15, -0.1) is 6.58 Å². The molecule has 0 aliphatic heterocycles. The molecular formula is C20H16BrFN2O. The van der Waals surface area contributed by atoms with Crippen molar-refractivity contribution in [1.29, 1.82) is 5.26 Å². The first kappa shape index (κ1) is 18.6. The van der Waals surface area contributed by atoms with Crippen molar-refractivity contribution in [2.24, 2.45) is 0 Å². The van der Waals surface area contributed by atoms with E-state index in [1.54, 1.807) is 47.4 Å². The summed E-state index contributed by atoms with van der Waals surface area (Å²) in [6, 6.07) is 13.6. The van der Waals surface area contributed by atoms with Crippen LogP contribution in [0.25, 0.3) is 6.08 Å². The number of carbonyl (C=O) groups is 1. The minimum atomic E-state index is -0.394. The van der Waals surface area contributed by atoms with Gasteiger partial charge in [0.25, 0.3) is 0 Å². The Hall–Kier alpha value is -2.71. The molecule has 0 atom stereocenters. The second-order valence-electron chi connectivity index (χ2n) is 5.32. The molecule has 0 aliphatic rings. The number of benzene rings is 2. The molecule has 0 fully saturated rings. The van der Waals surface area contributed by atoms with Crippen molar-refractivity contribution in [2.75, 3.05) is 6.54 Å². The van der Waals surface area contributed by atoms with Crippen molar-refractivity contribution in [3.63, 3.8) is 0 Å². The minimum Gasteiger partial charge on any atom is -0.331 e. The van der Waals surface area contributed by atoms with Crippen LogP contribution < -0.4 is 0 Å². The van der Waals surface area contributed by atoms with Crippen molar-refractivity contribution in [3.05, 3.63) is 88.2 Å². The van der Waals surface area contributed by atoms with Crippen molar-refractivity contribution >= 4 is 27.9 Å². The van der Waals surface area contributed by atoms with Gasteiger partial charge in [0, 0.05) is 29.2 Å². The smallest absolute Gasteiger partial charge is 0.247 e. The Morgan fingerprint density at radius 1 is 1.28 bits per heavy atom. The maximum atomic E-state index is 13.7. The lowest BCUT2D eigenvalue weighted by molar-refractivity contribution is -0.126. The maximum Gasteiger partial charge on any atom is 0.247 e. The number of halogens is 2. The number of nitrogens with zero attached hydrogens (tertiary/aromatic N) is 2. The molecule has 0 saturated carbocycles. The van der Waals surface area contributed by atoms with Crippen LogP contribution in [0.2, 0.25) is 0 Å².